The number of aromatic nitrogens is 2. The molecule has 0 atom stereocenters. The summed E-state index contributed by atoms with van der Waals surface area (Å²) in [6.45, 7) is 2.43. The molecule has 0 saturated heterocycles. The van der Waals surface area contributed by atoms with Crippen molar-refractivity contribution in [1.82, 2.24) is 14.7 Å². The lowest BCUT2D eigenvalue weighted by atomic mass is 10.2. The van der Waals surface area contributed by atoms with Crippen LogP contribution >= 0.6 is 0 Å². The summed E-state index contributed by atoms with van der Waals surface area (Å²) >= 11 is 0. The van der Waals surface area contributed by atoms with Gasteiger partial charge in [0, 0.05) is 24.2 Å². The molecule has 0 fully saturated rings. The fraction of sp³-hybridized carbons (Fsp3) is 0.167. The molecule has 170 valence electrons. The fourth-order valence-electron chi connectivity index (χ4n) is 3.30. The van der Waals surface area contributed by atoms with Crippen molar-refractivity contribution < 1.29 is 17.9 Å². The van der Waals surface area contributed by atoms with Crippen molar-refractivity contribution in [2.24, 2.45) is 0 Å². The Kier molecular flexibility index (Phi) is 6.71. The molecule has 3 N–H and O–H groups in total. The molecule has 0 spiro atoms. The third kappa shape index (κ3) is 5.57. The summed E-state index contributed by atoms with van der Waals surface area (Å²) in [4.78, 5) is 19.9. The first kappa shape index (κ1) is 22.5. The van der Waals surface area contributed by atoms with Crippen molar-refractivity contribution in [3.63, 3.8) is 0 Å². The van der Waals surface area contributed by atoms with Gasteiger partial charge in [-0.3, -0.25) is 4.79 Å². The first-order chi connectivity index (χ1) is 15.9. The zero-order valence-corrected chi connectivity index (χ0v) is 18.9. The minimum absolute atomic E-state index is 0.00308. The highest BCUT2D eigenvalue weighted by atomic mass is 32.2. The van der Waals surface area contributed by atoms with Crippen LogP contribution in [0.5, 0.6) is 5.75 Å². The van der Waals surface area contributed by atoms with Crippen molar-refractivity contribution in [3.8, 4) is 17.1 Å². The number of hydrogen-bond donors (Lipinski definition) is 3. The van der Waals surface area contributed by atoms with Crippen molar-refractivity contribution in [1.29, 1.82) is 0 Å². The summed E-state index contributed by atoms with van der Waals surface area (Å²) in [7, 11) is -3.78. The van der Waals surface area contributed by atoms with Crippen LogP contribution in [-0.4, -0.2) is 37.4 Å². The van der Waals surface area contributed by atoms with Gasteiger partial charge in [-0.1, -0.05) is 30.3 Å². The van der Waals surface area contributed by atoms with Crippen LogP contribution in [0.2, 0.25) is 0 Å². The number of amides is 1. The highest BCUT2D eigenvalue weighted by Gasteiger charge is 2.16. The molecule has 0 aliphatic rings. The standard InChI is InChI=1S/C24H24N4O4S/c1-2-32-19-10-8-18(9-11-19)26-23(29)14-15-25-33(30,31)20-12-13-21-22(16-20)28-24(27-21)17-6-4-3-5-7-17/h3-13,16,25H,2,14-15H2,1H3,(H,26,29)(H,27,28). The molecule has 4 rings (SSSR count). The van der Waals surface area contributed by atoms with Gasteiger partial charge in [-0.15, -0.1) is 0 Å². The van der Waals surface area contributed by atoms with E-state index in [1.54, 1.807) is 30.3 Å². The molecule has 0 aliphatic heterocycles. The van der Waals surface area contributed by atoms with Crippen molar-refractivity contribution in [2.75, 3.05) is 18.5 Å². The number of nitrogens with one attached hydrogen (secondary N) is 3. The summed E-state index contributed by atoms with van der Waals surface area (Å²) in [5.41, 5.74) is 2.81. The molecular formula is C24H24N4O4S. The van der Waals surface area contributed by atoms with E-state index < -0.39 is 10.0 Å². The van der Waals surface area contributed by atoms with Crippen LogP contribution in [0.25, 0.3) is 22.4 Å². The Morgan fingerprint density at radius 2 is 1.79 bits per heavy atom. The second-order valence-electron chi connectivity index (χ2n) is 7.28. The fourth-order valence-corrected chi connectivity index (χ4v) is 4.35. The number of fused-ring (bicyclic) bond motifs is 1. The quantitative estimate of drug-likeness (QED) is 0.347. The third-order valence-corrected chi connectivity index (χ3v) is 6.36. The SMILES string of the molecule is CCOc1ccc(NC(=O)CCNS(=O)(=O)c2ccc3nc(-c4ccccc4)[nH]c3c2)cc1. The molecule has 0 radical (unpaired) electrons. The Morgan fingerprint density at radius 1 is 1.03 bits per heavy atom. The van der Waals surface area contributed by atoms with Gasteiger partial charge in [-0.05, 0) is 49.4 Å². The van der Waals surface area contributed by atoms with Gasteiger partial charge in [0.05, 0.1) is 22.5 Å². The van der Waals surface area contributed by atoms with Gasteiger partial charge in [0.2, 0.25) is 15.9 Å². The zero-order valence-electron chi connectivity index (χ0n) is 18.0. The van der Waals surface area contributed by atoms with Crippen molar-refractivity contribution in [2.45, 2.75) is 18.2 Å². The van der Waals surface area contributed by atoms with E-state index in [0.717, 1.165) is 5.56 Å². The Labute approximate surface area is 192 Å². The van der Waals surface area contributed by atoms with Crippen LogP contribution in [0.15, 0.2) is 77.7 Å². The summed E-state index contributed by atoms with van der Waals surface area (Å²) in [5, 5.41) is 2.74. The van der Waals surface area contributed by atoms with Gasteiger partial charge in [0.25, 0.3) is 0 Å². The lowest BCUT2D eigenvalue weighted by molar-refractivity contribution is -0.116. The molecule has 0 unspecified atom stereocenters. The maximum atomic E-state index is 12.7. The molecule has 0 saturated carbocycles. The maximum absolute atomic E-state index is 12.7. The summed E-state index contributed by atoms with van der Waals surface area (Å²) < 4.78 is 33.2. The number of H-pyrrole nitrogens is 1. The van der Waals surface area contributed by atoms with Crippen molar-refractivity contribution >= 4 is 32.7 Å². The molecule has 1 heterocycles. The summed E-state index contributed by atoms with van der Waals surface area (Å²) in [6.07, 6.45) is -0.00308. The molecule has 8 nitrogen and oxygen atoms in total. The number of ether oxygens (including phenoxy) is 1. The molecule has 1 amide bonds. The van der Waals surface area contributed by atoms with E-state index in [9.17, 15) is 13.2 Å². The van der Waals surface area contributed by atoms with Crippen LogP contribution in [0, 0.1) is 0 Å². The van der Waals surface area contributed by atoms with E-state index in [1.807, 2.05) is 37.3 Å². The number of carbonyl (C=O) groups is 1. The van der Waals surface area contributed by atoms with E-state index in [-0.39, 0.29) is 23.8 Å². The predicted molar refractivity (Wildman–Crippen MR) is 128 cm³/mol. The van der Waals surface area contributed by atoms with Crippen LogP contribution in [0.4, 0.5) is 5.69 Å². The van der Waals surface area contributed by atoms with Crippen LogP contribution in [0.3, 0.4) is 0 Å². The van der Waals surface area contributed by atoms with Crippen LogP contribution in [-0.2, 0) is 14.8 Å². The van der Waals surface area contributed by atoms with E-state index in [2.05, 4.69) is 20.0 Å². The first-order valence-corrected chi connectivity index (χ1v) is 12.0. The molecule has 9 heteroatoms. The summed E-state index contributed by atoms with van der Waals surface area (Å²) in [5.74, 6) is 1.09. The molecule has 1 aromatic heterocycles. The maximum Gasteiger partial charge on any atom is 0.240 e. The number of imidazole rings is 1. The molecule has 0 aliphatic carbocycles. The number of nitrogens with zero attached hydrogens (tertiary/aromatic N) is 1. The number of carbonyl (C=O) groups excluding carboxylic acids is 1. The van der Waals surface area contributed by atoms with Gasteiger partial charge in [-0.2, -0.15) is 0 Å². The number of rotatable bonds is 9. The summed E-state index contributed by atoms with van der Waals surface area (Å²) in [6, 6.07) is 21.3. The van der Waals surface area contributed by atoms with Gasteiger partial charge in [0.15, 0.2) is 0 Å². The van der Waals surface area contributed by atoms with Gasteiger partial charge in [-0.25, -0.2) is 18.1 Å². The Bertz CT molecular complexity index is 1350. The highest BCUT2D eigenvalue weighted by Crippen LogP contribution is 2.22. The van der Waals surface area contributed by atoms with Crippen molar-refractivity contribution in [3.05, 3.63) is 72.8 Å². The van der Waals surface area contributed by atoms with E-state index in [0.29, 0.717) is 34.9 Å². The van der Waals surface area contributed by atoms with Gasteiger partial charge >= 0.3 is 0 Å². The smallest absolute Gasteiger partial charge is 0.240 e. The Morgan fingerprint density at radius 3 is 2.52 bits per heavy atom. The third-order valence-electron chi connectivity index (χ3n) is 4.90. The number of anilines is 1. The van der Waals surface area contributed by atoms with Gasteiger partial charge < -0.3 is 15.0 Å². The normalized spacial score (nSPS) is 11.4. The second-order valence-corrected chi connectivity index (χ2v) is 9.05. The van der Waals surface area contributed by atoms with E-state index in [1.165, 1.54) is 12.1 Å². The first-order valence-electron chi connectivity index (χ1n) is 10.5. The average Bonchev–Trinajstić information content (AvgIpc) is 3.25. The number of sulfonamides is 1. The molecule has 33 heavy (non-hydrogen) atoms. The zero-order chi connectivity index (χ0) is 23.3. The van der Waals surface area contributed by atoms with Gasteiger partial charge in [0.1, 0.15) is 11.6 Å². The molecular weight excluding hydrogens is 440 g/mol. The Hall–Kier alpha value is -3.69. The van der Waals surface area contributed by atoms with E-state index in [4.69, 9.17) is 4.74 Å². The number of hydrogen-bond acceptors (Lipinski definition) is 5. The largest absolute Gasteiger partial charge is 0.494 e. The number of aromatic amines is 1. The number of benzene rings is 3. The molecule has 0 bridgehead atoms. The molecule has 4 aromatic rings. The monoisotopic (exact) mass is 464 g/mol. The lowest BCUT2D eigenvalue weighted by Crippen LogP contribution is -2.27. The minimum atomic E-state index is -3.78. The topological polar surface area (TPSA) is 113 Å². The minimum Gasteiger partial charge on any atom is -0.494 e. The lowest BCUT2D eigenvalue weighted by Gasteiger charge is -2.09. The Balaban J connectivity index is 1.36. The van der Waals surface area contributed by atoms with Crippen LogP contribution in [0.1, 0.15) is 13.3 Å². The average molecular weight is 465 g/mol. The van der Waals surface area contributed by atoms with E-state index >= 15 is 0 Å². The highest BCUT2D eigenvalue weighted by molar-refractivity contribution is 7.89. The second kappa shape index (κ2) is 9.85. The predicted octanol–water partition coefficient (Wildman–Crippen LogP) is 3.94. The molecule has 3 aromatic carbocycles. The van der Waals surface area contributed by atoms with Crippen LogP contribution < -0.4 is 14.8 Å².